The highest BCUT2D eigenvalue weighted by molar-refractivity contribution is 5.16. The highest BCUT2D eigenvalue weighted by Crippen LogP contribution is 2.07. The number of halogens is 1. The van der Waals surface area contributed by atoms with Gasteiger partial charge >= 0.3 is 0 Å². The van der Waals surface area contributed by atoms with Crippen molar-refractivity contribution in [3.05, 3.63) is 35.6 Å². The van der Waals surface area contributed by atoms with Crippen molar-refractivity contribution < 1.29 is 4.39 Å². The Morgan fingerprint density at radius 2 is 2.20 bits per heavy atom. The first-order valence-corrected chi connectivity index (χ1v) is 5.34. The number of hydrogen-bond donors (Lipinski definition) is 1. The van der Waals surface area contributed by atoms with E-state index in [1.54, 1.807) is 12.1 Å². The van der Waals surface area contributed by atoms with Crippen molar-refractivity contribution in [1.82, 2.24) is 4.90 Å². The van der Waals surface area contributed by atoms with E-state index in [2.05, 4.69) is 11.8 Å². The van der Waals surface area contributed by atoms with E-state index in [4.69, 9.17) is 5.73 Å². The number of nitrogens with two attached hydrogens (primary N) is 1. The second kappa shape index (κ2) is 5.83. The fraction of sp³-hybridized carbons (Fsp3) is 0.500. The van der Waals surface area contributed by atoms with Crippen LogP contribution in [0.2, 0.25) is 0 Å². The first-order valence-electron chi connectivity index (χ1n) is 5.34. The summed E-state index contributed by atoms with van der Waals surface area (Å²) >= 11 is 0. The molecular weight excluding hydrogens is 191 g/mol. The SMILES string of the molecule is CCN(Cc1cccc(F)c1)CC(C)N. The first-order chi connectivity index (χ1) is 7.11. The van der Waals surface area contributed by atoms with Crippen LogP contribution in [0.3, 0.4) is 0 Å². The Hall–Kier alpha value is -0.930. The quantitative estimate of drug-likeness (QED) is 0.805. The molecule has 1 unspecified atom stereocenters. The van der Waals surface area contributed by atoms with Gasteiger partial charge in [-0.25, -0.2) is 4.39 Å². The lowest BCUT2D eigenvalue weighted by atomic mass is 10.2. The molecule has 0 aliphatic rings. The molecule has 1 aromatic rings. The minimum Gasteiger partial charge on any atom is -0.327 e. The topological polar surface area (TPSA) is 29.3 Å². The summed E-state index contributed by atoms with van der Waals surface area (Å²) in [5.41, 5.74) is 6.73. The molecule has 0 bridgehead atoms. The van der Waals surface area contributed by atoms with E-state index in [-0.39, 0.29) is 11.9 Å². The lowest BCUT2D eigenvalue weighted by molar-refractivity contribution is 0.266. The van der Waals surface area contributed by atoms with Gasteiger partial charge in [0, 0.05) is 19.1 Å². The molecule has 0 spiro atoms. The Labute approximate surface area is 90.9 Å². The van der Waals surface area contributed by atoms with Crippen LogP contribution in [0.5, 0.6) is 0 Å². The molecule has 3 heteroatoms. The molecule has 15 heavy (non-hydrogen) atoms. The van der Waals surface area contributed by atoms with Crippen LogP contribution >= 0.6 is 0 Å². The Balaban J connectivity index is 2.58. The van der Waals surface area contributed by atoms with Gasteiger partial charge in [-0.05, 0) is 31.2 Å². The van der Waals surface area contributed by atoms with Crippen LogP contribution in [-0.2, 0) is 6.54 Å². The molecule has 0 heterocycles. The zero-order chi connectivity index (χ0) is 11.3. The molecule has 84 valence electrons. The zero-order valence-electron chi connectivity index (χ0n) is 9.41. The molecule has 0 aliphatic heterocycles. The molecule has 0 aliphatic carbocycles. The summed E-state index contributed by atoms with van der Waals surface area (Å²) < 4.78 is 12.9. The van der Waals surface area contributed by atoms with Crippen LogP contribution in [0.15, 0.2) is 24.3 Å². The van der Waals surface area contributed by atoms with Gasteiger partial charge in [0.15, 0.2) is 0 Å². The molecule has 0 aromatic heterocycles. The van der Waals surface area contributed by atoms with Crippen molar-refractivity contribution in [1.29, 1.82) is 0 Å². The van der Waals surface area contributed by atoms with Gasteiger partial charge < -0.3 is 5.73 Å². The summed E-state index contributed by atoms with van der Waals surface area (Å²) in [5.74, 6) is -0.177. The van der Waals surface area contributed by atoms with Gasteiger partial charge in [0.1, 0.15) is 5.82 Å². The van der Waals surface area contributed by atoms with Crippen LogP contribution in [0, 0.1) is 5.82 Å². The lowest BCUT2D eigenvalue weighted by Crippen LogP contribution is -2.35. The van der Waals surface area contributed by atoms with Gasteiger partial charge in [0.2, 0.25) is 0 Å². The molecule has 0 fully saturated rings. The van der Waals surface area contributed by atoms with E-state index in [0.717, 1.165) is 25.2 Å². The minimum atomic E-state index is -0.177. The molecule has 1 aromatic carbocycles. The molecule has 1 atom stereocenters. The molecule has 0 saturated heterocycles. The highest BCUT2D eigenvalue weighted by Gasteiger charge is 2.06. The van der Waals surface area contributed by atoms with Crippen LogP contribution in [0.4, 0.5) is 4.39 Å². The molecule has 2 nitrogen and oxygen atoms in total. The molecule has 2 N–H and O–H groups in total. The average Bonchev–Trinajstić information content (AvgIpc) is 2.16. The van der Waals surface area contributed by atoms with Gasteiger partial charge in [-0.2, -0.15) is 0 Å². The standard InChI is InChI=1S/C12H19FN2/c1-3-15(8-10(2)14)9-11-5-4-6-12(13)7-11/h4-7,10H,3,8-9,14H2,1-2H3. The summed E-state index contributed by atoms with van der Waals surface area (Å²) in [6.07, 6.45) is 0. The number of hydrogen-bond acceptors (Lipinski definition) is 2. The third kappa shape index (κ3) is 4.40. The molecular formula is C12H19FN2. The third-order valence-electron chi connectivity index (χ3n) is 2.29. The maximum Gasteiger partial charge on any atom is 0.123 e. The fourth-order valence-electron chi connectivity index (χ4n) is 1.61. The van der Waals surface area contributed by atoms with Gasteiger partial charge in [0.05, 0.1) is 0 Å². The normalized spacial score (nSPS) is 13.1. The van der Waals surface area contributed by atoms with Gasteiger partial charge in [-0.1, -0.05) is 19.1 Å². The Bertz CT molecular complexity index is 299. The van der Waals surface area contributed by atoms with Gasteiger partial charge in [-0.15, -0.1) is 0 Å². The lowest BCUT2D eigenvalue weighted by Gasteiger charge is -2.22. The second-order valence-electron chi connectivity index (χ2n) is 3.93. The van der Waals surface area contributed by atoms with Crippen molar-refractivity contribution in [3.8, 4) is 0 Å². The van der Waals surface area contributed by atoms with Crippen molar-refractivity contribution in [2.75, 3.05) is 13.1 Å². The second-order valence-corrected chi connectivity index (χ2v) is 3.93. The van der Waals surface area contributed by atoms with Crippen LogP contribution < -0.4 is 5.73 Å². The molecule has 0 amide bonds. The number of rotatable bonds is 5. The van der Waals surface area contributed by atoms with E-state index in [9.17, 15) is 4.39 Å². The summed E-state index contributed by atoms with van der Waals surface area (Å²) in [5, 5.41) is 0. The van der Waals surface area contributed by atoms with Crippen molar-refractivity contribution in [2.45, 2.75) is 26.4 Å². The zero-order valence-corrected chi connectivity index (χ0v) is 9.41. The average molecular weight is 210 g/mol. The van der Waals surface area contributed by atoms with E-state index in [1.807, 2.05) is 13.0 Å². The van der Waals surface area contributed by atoms with E-state index >= 15 is 0 Å². The van der Waals surface area contributed by atoms with Crippen LogP contribution in [0.1, 0.15) is 19.4 Å². The summed E-state index contributed by atoms with van der Waals surface area (Å²) in [6, 6.07) is 6.87. The molecule has 0 saturated carbocycles. The predicted molar refractivity (Wildman–Crippen MR) is 61.0 cm³/mol. The van der Waals surface area contributed by atoms with Crippen LogP contribution in [-0.4, -0.2) is 24.0 Å². The fourth-order valence-corrected chi connectivity index (χ4v) is 1.61. The maximum atomic E-state index is 12.9. The van der Waals surface area contributed by atoms with Crippen molar-refractivity contribution >= 4 is 0 Å². The highest BCUT2D eigenvalue weighted by atomic mass is 19.1. The molecule has 1 rings (SSSR count). The predicted octanol–water partition coefficient (Wildman–Crippen LogP) is 1.99. The molecule has 0 radical (unpaired) electrons. The van der Waals surface area contributed by atoms with Crippen LogP contribution in [0.25, 0.3) is 0 Å². The summed E-state index contributed by atoms with van der Waals surface area (Å²) in [7, 11) is 0. The largest absolute Gasteiger partial charge is 0.327 e. The monoisotopic (exact) mass is 210 g/mol. The van der Waals surface area contributed by atoms with E-state index < -0.39 is 0 Å². The minimum absolute atomic E-state index is 0.151. The Kier molecular flexibility index (Phi) is 4.72. The maximum absolute atomic E-state index is 12.9. The van der Waals surface area contributed by atoms with Crippen molar-refractivity contribution in [2.24, 2.45) is 5.73 Å². The Morgan fingerprint density at radius 1 is 1.47 bits per heavy atom. The number of benzene rings is 1. The summed E-state index contributed by atoms with van der Waals surface area (Å²) in [6.45, 7) is 6.59. The first kappa shape index (κ1) is 12.1. The smallest absolute Gasteiger partial charge is 0.123 e. The van der Waals surface area contributed by atoms with Gasteiger partial charge in [-0.3, -0.25) is 4.90 Å². The third-order valence-corrected chi connectivity index (χ3v) is 2.29. The Morgan fingerprint density at radius 3 is 2.73 bits per heavy atom. The number of nitrogens with zero attached hydrogens (tertiary/aromatic N) is 1. The number of likely N-dealkylation sites (N-methyl/N-ethyl adjacent to an activating group) is 1. The van der Waals surface area contributed by atoms with Crippen molar-refractivity contribution in [3.63, 3.8) is 0 Å². The van der Waals surface area contributed by atoms with E-state index in [1.165, 1.54) is 6.07 Å². The van der Waals surface area contributed by atoms with Gasteiger partial charge in [0.25, 0.3) is 0 Å². The summed E-state index contributed by atoms with van der Waals surface area (Å²) in [4.78, 5) is 2.21. The van der Waals surface area contributed by atoms with E-state index in [0.29, 0.717) is 0 Å².